The molecule has 35 heavy (non-hydrogen) atoms. The Morgan fingerprint density at radius 3 is 2.00 bits per heavy atom. The summed E-state index contributed by atoms with van der Waals surface area (Å²) in [5.74, 6) is -2.28. The fourth-order valence-electron chi connectivity index (χ4n) is 3.77. The molecule has 11 heteroatoms. The maximum atomic E-state index is 13.1. The molecule has 2 atom stereocenters. The summed E-state index contributed by atoms with van der Waals surface area (Å²) in [4.78, 5) is 25.9. The highest BCUT2D eigenvalue weighted by atomic mass is 35.5. The maximum absolute atomic E-state index is 13.1. The zero-order chi connectivity index (χ0) is 25.5. The summed E-state index contributed by atoms with van der Waals surface area (Å²) < 4.78 is -1.36. The fraction of sp³-hybridized carbons (Fsp3) is 0.167. The summed E-state index contributed by atoms with van der Waals surface area (Å²) in [5, 5.41) is 9.55. The molecule has 1 fully saturated rings. The van der Waals surface area contributed by atoms with Gasteiger partial charge in [-0.1, -0.05) is 46.4 Å². The third-order valence-corrected chi connectivity index (χ3v) is 7.57. The van der Waals surface area contributed by atoms with E-state index < -0.39 is 28.0 Å². The van der Waals surface area contributed by atoms with Crippen LogP contribution >= 0.6 is 69.6 Å². The van der Waals surface area contributed by atoms with E-state index in [-0.39, 0.29) is 21.3 Å². The molecule has 0 aromatic heterocycles. The van der Waals surface area contributed by atoms with Crippen LogP contribution in [0.5, 0.6) is 0 Å². The van der Waals surface area contributed by atoms with Gasteiger partial charge >= 0.3 is 0 Å². The number of carbonyl (C=O) groups excluding carboxylic acids is 2. The van der Waals surface area contributed by atoms with Crippen LogP contribution in [0.1, 0.15) is 21.8 Å². The van der Waals surface area contributed by atoms with E-state index in [1.165, 1.54) is 12.1 Å². The molecule has 1 saturated carbocycles. The van der Waals surface area contributed by atoms with Gasteiger partial charge in [0.1, 0.15) is 4.33 Å². The molecule has 3 aromatic rings. The summed E-state index contributed by atoms with van der Waals surface area (Å²) in [6.07, 6.45) is 0. The molecule has 1 aliphatic carbocycles. The molecular formula is C24H17Cl6N3O2. The Labute approximate surface area is 232 Å². The van der Waals surface area contributed by atoms with Crippen molar-refractivity contribution in [3.8, 4) is 0 Å². The molecule has 4 rings (SSSR count). The SMILES string of the molecule is CNc1ccc(NC(=O)c2cc(NC(=O)[C@H]3[C@H](c4cc(Cl)cc(Cl)c4)C3(Cl)Cl)c(Cl)cc2Cl)cc1. The van der Waals surface area contributed by atoms with Crippen LogP contribution in [0.4, 0.5) is 17.1 Å². The molecule has 0 spiro atoms. The summed E-state index contributed by atoms with van der Waals surface area (Å²) in [6, 6.07) is 14.8. The molecule has 3 aromatic carbocycles. The smallest absolute Gasteiger partial charge is 0.257 e. The highest BCUT2D eigenvalue weighted by molar-refractivity contribution is 6.53. The third kappa shape index (κ3) is 5.61. The van der Waals surface area contributed by atoms with E-state index in [0.717, 1.165) is 5.69 Å². The summed E-state index contributed by atoms with van der Waals surface area (Å²) in [7, 11) is 1.80. The van der Waals surface area contributed by atoms with Crippen molar-refractivity contribution in [1.82, 2.24) is 0 Å². The van der Waals surface area contributed by atoms with Crippen LogP contribution in [0.3, 0.4) is 0 Å². The van der Waals surface area contributed by atoms with E-state index in [2.05, 4.69) is 16.0 Å². The van der Waals surface area contributed by atoms with Crippen LogP contribution in [0.15, 0.2) is 54.6 Å². The lowest BCUT2D eigenvalue weighted by atomic mass is 10.1. The van der Waals surface area contributed by atoms with Crippen molar-refractivity contribution in [2.45, 2.75) is 10.3 Å². The first kappa shape index (κ1) is 26.2. The predicted octanol–water partition coefficient (Wildman–Crippen LogP) is 8.12. The lowest BCUT2D eigenvalue weighted by Gasteiger charge is -2.12. The molecule has 0 saturated heterocycles. The molecule has 182 valence electrons. The number of hydrogen-bond acceptors (Lipinski definition) is 3. The molecular weight excluding hydrogens is 575 g/mol. The van der Waals surface area contributed by atoms with E-state index in [4.69, 9.17) is 69.6 Å². The minimum atomic E-state index is -1.36. The Morgan fingerprint density at radius 2 is 1.40 bits per heavy atom. The van der Waals surface area contributed by atoms with Crippen LogP contribution in [0.25, 0.3) is 0 Å². The largest absolute Gasteiger partial charge is 0.388 e. The zero-order valence-electron chi connectivity index (χ0n) is 17.9. The van der Waals surface area contributed by atoms with Gasteiger partial charge < -0.3 is 16.0 Å². The van der Waals surface area contributed by atoms with Gasteiger partial charge in [-0.2, -0.15) is 0 Å². The van der Waals surface area contributed by atoms with Crippen LogP contribution in [-0.2, 0) is 4.79 Å². The summed E-state index contributed by atoms with van der Waals surface area (Å²) in [5.41, 5.74) is 2.42. The molecule has 0 aliphatic heterocycles. The number of alkyl halides is 2. The van der Waals surface area contributed by atoms with Gasteiger partial charge in [0.05, 0.1) is 27.2 Å². The molecule has 0 bridgehead atoms. The molecule has 0 heterocycles. The van der Waals surface area contributed by atoms with Crippen LogP contribution in [0, 0.1) is 5.92 Å². The van der Waals surface area contributed by atoms with Crippen molar-refractivity contribution >= 4 is 98.5 Å². The number of amides is 2. The predicted molar refractivity (Wildman–Crippen MR) is 146 cm³/mol. The van der Waals surface area contributed by atoms with Crippen molar-refractivity contribution in [2.24, 2.45) is 5.92 Å². The van der Waals surface area contributed by atoms with E-state index in [0.29, 0.717) is 21.3 Å². The average Bonchev–Trinajstić information content (AvgIpc) is 3.37. The monoisotopic (exact) mass is 589 g/mol. The summed E-state index contributed by atoms with van der Waals surface area (Å²) >= 11 is 37.6. The third-order valence-electron chi connectivity index (χ3n) is 5.57. The number of anilines is 3. The van der Waals surface area contributed by atoms with Gasteiger partial charge in [-0.25, -0.2) is 0 Å². The van der Waals surface area contributed by atoms with E-state index in [9.17, 15) is 9.59 Å². The Morgan fingerprint density at radius 1 is 0.800 bits per heavy atom. The van der Waals surface area contributed by atoms with Gasteiger partial charge in [0, 0.05) is 34.4 Å². The maximum Gasteiger partial charge on any atom is 0.257 e. The first-order valence-corrected chi connectivity index (χ1v) is 12.5. The van der Waals surface area contributed by atoms with Crippen LogP contribution in [0.2, 0.25) is 20.1 Å². The lowest BCUT2D eigenvalue weighted by Crippen LogP contribution is -2.18. The first-order chi connectivity index (χ1) is 16.5. The van der Waals surface area contributed by atoms with Crippen molar-refractivity contribution in [3.63, 3.8) is 0 Å². The van der Waals surface area contributed by atoms with Gasteiger partial charge in [0.2, 0.25) is 5.91 Å². The second kappa shape index (κ2) is 10.3. The summed E-state index contributed by atoms with van der Waals surface area (Å²) in [6.45, 7) is 0. The van der Waals surface area contributed by atoms with Crippen molar-refractivity contribution in [3.05, 3.63) is 85.8 Å². The second-order valence-electron chi connectivity index (χ2n) is 7.92. The topological polar surface area (TPSA) is 70.2 Å². The Kier molecular flexibility index (Phi) is 7.68. The minimum absolute atomic E-state index is 0.124. The van der Waals surface area contributed by atoms with Gasteiger partial charge in [0.15, 0.2) is 0 Å². The number of benzene rings is 3. The Hall–Kier alpha value is -1.86. The van der Waals surface area contributed by atoms with Crippen molar-refractivity contribution in [1.29, 1.82) is 0 Å². The second-order valence-corrected chi connectivity index (χ2v) is 11.0. The average molecular weight is 592 g/mol. The standard InChI is InChI=1S/C24H17Cl6N3O2/c1-31-14-2-4-15(5-3-14)32-22(34)16-9-19(18(28)10-17(16)27)33-23(35)21-20(24(21,29)30)11-6-12(25)8-13(26)7-11/h2-10,20-21,31H,1H3,(H,32,34)(H,33,35)/t20-,21+/m0/s1. The molecule has 0 radical (unpaired) electrons. The molecule has 1 aliphatic rings. The molecule has 2 amide bonds. The van der Waals surface area contributed by atoms with E-state index in [1.807, 2.05) is 12.1 Å². The van der Waals surface area contributed by atoms with Gasteiger partial charge in [-0.3, -0.25) is 9.59 Å². The van der Waals surface area contributed by atoms with Gasteiger partial charge in [0.25, 0.3) is 5.91 Å². The highest BCUT2D eigenvalue weighted by Gasteiger charge is 2.67. The van der Waals surface area contributed by atoms with E-state index >= 15 is 0 Å². The highest BCUT2D eigenvalue weighted by Crippen LogP contribution is 2.65. The van der Waals surface area contributed by atoms with Crippen molar-refractivity contribution < 1.29 is 9.59 Å². The van der Waals surface area contributed by atoms with Gasteiger partial charge in [-0.15, -0.1) is 23.2 Å². The molecule has 5 nitrogen and oxygen atoms in total. The van der Waals surface area contributed by atoms with Crippen LogP contribution < -0.4 is 16.0 Å². The fourth-order valence-corrected chi connectivity index (χ4v) is 5.66. The zero-order valence-corrected chi connectivity index (χ0v) is 22.5. The number of nitrogens with one attached hydrogen (secondary N) is 3. The number of rotatable bonds is 6. The molecule has 0 unspecified atom stereocenters. The van der Waals surface area contributed by atoms with E-state index in [1.54, 1.807) is 37.4 Å². The first-order valence-electron chi connectivity index (χ1n) is 10.2. The number of hydrogen-bond donors (Lipinski definition) is 3. The number of carbonyl (C=O) groups is 2. The molecule has 3 N–H and O–H groups in total. The lowest BCUT2D eigenvalue weighted by molar-refractivity contribution is -0.117. The number of halogens is 6. The Balaban J connectivity index is 1.53. The van der Waals surface area contributed by atoms with Crippen molar-refractivity contribution in [2.75, 3.05) is 23.0 Å². The van der Waals surface area contributed by atoms with Gasteiger partial charge in [-0.05, 0) is 60.2 Å². The normalized spacial score (nSPS) is 18.0. The van der Waals surface area contributed by atoms with Crippen LogP contribution in [-0.4, -0.2) is 23.2 Å². The Bertz CT molecular complexity index is 1290. The quantitative estimate of drug-likeness (QED) is 0.254. The minimum Gasteiger partial charge on any atom is -0.388 e.